The van der Waals surface area contributed by atoms with Crippen molar-refractivity contribution in [3.05, 3.63) is 82.4 Å². The van der Waals surface area contributed by atoms with Crippen LogP contribution in [0, 0.1) is 6.92 Å². The second-order valence-electron chi connectivity index (χ2n) is 11.8. The van der Waals surface area contributed by atoms with Gasteiger partial charge in [0.05, 0.1) is 5.56 Å². The molecule has 1 spiro atoms. The highest BCUT2D eigenvalue weighted by Crippen LogP contribution is 2.57. The molecule has 5 rings (SSSR count). The number of nitrogens with one attached hydrogen (secondary N) is 1. The first-order valence-electron chi connectivity index (χ1n) is 16.3. The summed E-state index contributed by atoms with van der Waals surface area (Å²) in [6, 6.07) is 18.3. The first kappa shape index (κ1) is 30.0. The smallest absolute Gasteiger partial charge is 0.340 e. The molecule has 0 fully saturated rings. The van der Waals surface area contributed by atoms with Gasteiger partial charge in [-0.2, -0.15) is 0 Å². The monoisotopic (exact) mass is 568 g/mol. The van der Waals surface area contributed by atoms with Crippen molar-refractivity contribution in [1.29, 1.82) is 0 Å². The van der Waals surface area contributed by atoms with E-state index in [-0.39, 0.29) is 5.97 Å². The van der Waals surface area contributed by atoms with Crippen LogP contribution in [0.25, 0.3) is 0 Å². The Balaban J connectivity index is 1.37. The summed E-state index contributed by atoms with van der Waals surface area (Å²) < 4.78 is 13.0. The van der Waals surface area contributed by atoms with E-state index in [1.165, 1.54) is 57.8 Å². The van der Waals surface area contributed by atoms with Crippen molar-refractivity contribution in [1.82, 2.24) is 0 Å². The number of hydrogen-bond donors (Lipinski definition) is 1. The van der Waals surface area contributed by atoms with Gasteiger partial charge in [-0.25, -0.2) is 4.79 Å². The van der Waals surface area contributed by atoms with Crippen LogP contribution in [0.3, 0.4) is 0 Å². The van der Waals surface area contributed by atoms with Crippen LogP contribution in [0.2, 0.25) is 0 Å². The lowest BCUT2D eigenvalue weighted by Gasteiger charge is -2.37. The lowest BCUT2D eigenvalue weighted by molar-refractivity contribution is 0.0224. The Morgan fingerprint density at radius 3 is 2.12 bits per heavy atom. The maximum atomic E-state index is 13.3. The number of carbonyl (C=O) groups is 1. The lowest BCUT2D eigenvalue weighted by atomic mass is 9.77. The molecule has 0 bridgehead atoms. The maximum Gasteiger partial charge on any atom is 0.340 e. The molecule has 0 saturated heterocycles. The number of hydrogen-bond acceptors (Lipinski definition) is 5. The predicted molar refractivity (Wildman–Crippen MR) is 173 cm³/mol. The lowest BCUT2D eigenvalue weighted by Crippen LogP contribution is -2.33. The third-order valence-electron chi connectivity index (χ3n) is 9.02. The average Bonchev–Trinajstić information content (AvgIpc) is 3.29. The van der Waals surface area contributed by atoms with Crippen molar-refractivity contribution < 1.29 is 14.3 Å². The van der Waals surface area contributed by atoms with E-state index in [1.807, 2.05) is 24.3 Å². The number of benzene rings is 3. The van der Waals surface area contributed by atoms with Crippen LogP contribution in [-0.4, -0.2) is 25.6 Å². The third kappa shape index (κ3) is 5.88. The van der Waals surface area contributed by atoms with Gasteiger partial charge in [-0.3, -0.25) is 0 Å². The van der Waals surface area contributed by atoms with Gasteiger partial charge in [0, 0.05) is 53.8 Å². The van der Waals surface area contributed by atoms with Crippen molar-refractivity contribution in [3.8, 4) is 11.5 Å². The molecule has 0 radical (unpaired) electrons. The highest BCUT2D eigenvalue weighted by molar-refractivity contribution is 5.97. The Morgan fingerprint density at radius 1 is 0.738 bits per heavy atom. The average molecular weight is 569 g/mol. The topological polar surface area (TPSA) is 50.8 Å². The SMILES string of the molecule is CCCCCCCCCCCCNc1cc2c(cc1C)Oc1cc(N(CC)CC)ccc1C21OC(=O)c2ccccc21. The van der Waals surface area contributed by atoms with Gasteiger partial charge in [0.15, 0.2) is 5.60 Å². The zero-order valence-corrected chi connectivity index (χ0v) is 26.1. The fraction of sp³-hybridized carbons (Fsp3) is 0.486. The molecule has 0 saturated carbocycles. The minimum Gasteiger partial charge on any atom is -0.456 e. The third-order valence-corrected chi connectivity index (χ3v) is 9.02. The number of carbonyl (C=O) groups excluding carboxylic acids is 1. The fourth-order valence-electron chi connectivity index (χ4n) is 6.62. The van der Waals surface area contributed by atoms with Gasteiger partial charge < -0.3 is 19.7 Å². The van der Waals surface area contributed by atoms with Crippen LogP contribution >= 0.6 is 0 Å². The van der Waals surface area contributed by atoms with Gasteiger partial charge in [0.25, 0.3) is 0 Å². The van der Waals surface area contributed by atoms with E-state index < -0.39 is 5.60 Å². The van der Waals surface area contributed by atoms with E-state index in [0.717, 1.165) is 71.2 Å². The number of aryl methyl sites for hydroxylation is 1. The van der Waals surface area contributed by atoms with Crippen molar-refractivity contribution in [3.63, 3.8) is 0 Å². The summed E-state index contributed by atoms with van der Waals surface area (Å²) >= 11 is 0. The molecule has 3 aromatic carbocycles. The molecular formula is C37H48N2O3. The number of esters is 1. The second kappa shape index (κ2) is 13.7. The molecule has 1 atom stereocenters. The molecule has 2 heterocycles. The first-order valence-corrected chi connectivity index (χ1v) is 16.3. The molecule has 0 aromatic heterocycles. The number of anilines is 2. The van der Waals surface area contributed by atoms with Gasteiger partial charge in [-0.05, 0) is 63.1 Å². The minimum atomic E-state index is -1.04. The van der Waals surface area contributed by atoms with E-state index >= 15 is 0 Å². The summed E-state index contributed by atoms with van der Waals surface area (Å²) in [4.78, 5) is 15.6. The summed E-state index contributed by atoms with van der Waals surface area (Å²) in [5, 5.41) is 3.69. The number of ether oxygens (including phenoxy) is 2. The van der Waals surface area contributed by atoms with E-state index in [4.69, 9.17) is 9.47 Å². The Labute approximate surface area is 252 Å². The first-order chi connectivity index (χ1) is 20.5. The molecule has 0 aliphatic carbocycles. The Hall–Kier alpha value is -3.47. The highest BCUT2D eigenvalue weighted by atomic mass is 16.6. The number of fused-ring (bicyclic) bond motifs is 6. The van der Waals surface area contributed by atoms with Crippen LogP contribution in [-0.2, 0) is 10.3 Å². The van der Waals surface area contributed by atoms with E-state index in [9.17, 15) is 4.79 Å². The largest absolute Gasteiger partial charge is 0.456 e. The maximum absolute atomic E-state index is 13.3. The summed E-state index contributed by atoms with van der Waals surface area (Å²) in [6.45, 7) is 11.4. The Kier molecular flexibility index (Phi) is 9.76. The molecule has 0 amide bonds. The standard InChI is InChI=1S/C37H48N2O3/c1-5-8-9-10-11-12-13-14-15-18-23-38-33-26-32-34(24-27(33)4)41-35-25-28(39(6-2)7-3)21-22-31(35)37(32)30-20-17-16-19-29(30)36(40)42-37/h16-17,19-22,24-26,38H,5-15,18,23H2,1-4H3. The van der Waals surface area contributed by atoms with Crippen LogP contribution in [0.4, 0.5) is 11.4 Å². The molecule has 1 N–H and O–H groups in total. The Morgan fingerprint density at radius 2 is 1.40 bits per heavy atom. The zero-order valence-electron chi connectivity index (χ0n) is 26.1. The molecule has 42 heavy (non-hydrogen) atoms. The molecule has 2 aliphatic heterocycles. The number of rotatable bonds is 15. The normalized spacial score (nSPS) is 16.4. The summed E-state index contributed by atoms with van der Waals surface area (Å²) in [7, 11) is 0. The van der Waals surface area contributed by atoms with Gasteiger partial charge in [-0.1, -0.05) is 82.9 Å². The summed E-state index contributed by atoms with van der Waals surface area (Å²) in [5.41, 5.74) is 5.48. The van der Waals surface area contributed by atoms with Crippen LogP contribution in [0.15, 0.2) is 54.6 Å². The van der Waals surface area contributed by atoms with Gasteiger partial charge >= 0.3 is 5.97 Å². The van der Waals surface area contributed by atoms with Crippen LogP contribution < -0.4 is 15.0 Å². The molecule has 224 valence electrons. The predicted octanol–water partition coefficient (Wildman–Crippen LogP) is 9.74. The number of unbranched alkanes of at least 4 members (excludes halogenated alkanes) is 9. The molecular weight excluding hydrogens is 520 g/mol. The van der Waals surface area contributed by atoms with Crippen LogP contribution in [0.1, 0.15) is 118 Å². The van der Waals surface area contributed by atoms with Gasteiger partial charge in [0.1, 0.15) is 11.5 Å². The van der Waals surface area contributed by atoms with Crippen molar-refractivity contribution in [2.45, 2.75) is 97.5 Å². The number of nitrogens with zero attached hydrogens (tertiary/aromatic N) is 1. The van der Waals surface area contributed by atoms with Crippen LogP contribution in [0.5, 0.6) is 11.5 Å². The Bertz CT molecular complexity index is 1380. The second-order valence-corrected chi connectivity index (χ2v) is 11.8. The summed E-state index contributed by atoms with van der Waals surface area (Å²) in [5.74, 6) is 1.19. The van der Waals surface area contributed by atoms with E-state index in [2.05, 4.69) is 68.2 Å². The van der Waals surface area contributed by atoms with E-state index in [0.29, 0.717) is 5.56 Å². The summed E-state index contributed by atoms with van der Waals surface area (Å²) in [6.07, 6.45) is 13.2. The molecule has 5 heteroatoms. The fourth-order valence-corrected chi connectivity index (χ4v) is 6.62. The zero-order chi connectivity index (χ0) is 29.5. The quantitative estimate of drug-likeness (QED) is 0.146. The van der Waals surface area contributed by atoms with Gasteiger partial charge in [-0.15, -0.1) is 0 Å². The minimum absolute atomic E-state index is 0.294. The molecule has 2 aliphatic rings. The van der Waals surface area contributed by atoms with Crippen molar-refractivity contribution in [2.24, 2.45) is 0 Å². The van der Waals surface area contributed by atoms with E-state index in [1.54, 1.807) is 0 Å². The molecule has 5 nitrogen and oxygen atoms in total. The molecule has 1 unspecified atom stereocenters. The molecule has 3 aromatic rings. The van der Waals surface area contributed by atoms with Crippen molar-refractivity contribution >= 4 is 17.3 Å². The highest BCUT2D eigenvalue weighted by Gasteiger charge is 2.53. The van der Waals surface area contributed by atoms with Crippen molar-refractivity contribution in [2.75, 3.05) is 29.9 Å². The van der Waals surface area contributed by atoms with Gasteiger partial charge in [0.2, 0.25) is 0 Å².